The van der Waals surface area contributed by atoms with E-state index in [1.807, 2.05) is 0 Å². The van der Waals surface area contributed by atoms with E-state index >= 15 is 0 Å². The Morgan fingerprint density at radius 2 is 2.00 bits per heavy atom. The SMILES string of the molecule is CCC(C)N(CC(=O)O)S(=O)(=O)c1ccc(C#N)c(C(F)(F)F)c1. The molecule has 1 unspecified atom stereocenters. The molecule has 1 aromatic rings. The molecule has 1 N–H and O–H groups in total. The topological polar surface area (TPSA) is 98.5 Å². The summed E-state index contributed by atoms with van der Waals surface area (Å²) in [5, 5.41) is 17.6. The largest absolute Gasteiger partial charge is 0.480 e. The molecule has 0 fully saturated rings. The number of rotatable bonds is 6. The molecule has 0 bridgehead atoms. The summed E-state index contributed by atoms with van der Waals surface area (Å²) in [6.45, 7) is 2.20. The van der Waals surface area contributed by atoms with E-state index in [0.29, 0.717) is 10.4 Å². The number of halogens is 3. The normalized spacial score (nSPS) is 13.5. The predicted molar refractivity (Wildman–Crippen MR) is 77.4 cm³/mol. The van der Waals surface area contributed by atoms with Gasteiger partial charge in [0.1, 0.15) is 6.54 Å². The molecule has 6 nitrogen and oxygen atoms in total. The second-order valence-corrected chi connectivity index (χ2v) is 6.91. The van der Waals surface area contributed by atoms with Crippen LogP contribution in [0.1, 0.15) is 31.4 Å². The van der Waals surface area contributed by atoms with Crippen molar-refractivity contribution in [2.75, 3.05) is 6.54 Å². The number of nitriles is 1. The van der Waals surface area contributed by atoms with Gasteiger partial charge in [-0.3, -0.25) is 4.79 Å². The molecule has 0 aliphatic rings. The highest BCUT2D eigenvalue weighted by molar-refractivity contribution is 7.89. The van der Waals surface area contributed by atoms with Gasteiger partial charge in [0.2, 0.25) is 10.0 Å². The molecule has 0 radical (unpaired) electrons. The quantitative estimate of drug-likeness (QED) is 0.836. The van der Waals surface area contributed by atoms with Crippen molar-refractivity contribution in [1.29, 1.82) is 5.26 Å². The first-order chi connectivity index (χ1) is 10.9. The molecule has 0 aromatic heterocycles. The Balaban J connectivity index is 3.51. The van der Waals surface area contributed by atoms with E-state index in [2.05, 4.69) is 0 Å². The van der Waals surface area contributed by atoms with Gasteiger partial charge in [-0.2, -0.15) is 22.7 Å². The molecule has 0 aliphatic carbocycles. The summed E-state index contributed by atoms with van der Waals surface area (Å²) in [5.74, 6) is -1.43. The summed E-state index contributed by atoms with van der Waals surface area (Å²) in [5.41, 5.74) is -2.10. The van der Waals surface area contributed by atoms with Crippen LogP contribution in [0.2, 0.25) is 0 Å². The van der Waals surface area contributed by atoms with E-state index in [4.69, 9.17) is 10.4 Å². The fourth-order valence-electron chi connectivity index (χ4n) is 1.97. The summed E-state index contributed by atoms with van der Waals surface area (Å²) < 4.78 is 64.7. The van der Waals surface area contributed by atoms with E-state index in [1.54, 1.807) is 6.92 Å². The number of nitrogens with zero attached hydrogens (tertiary/aromatic N) is 2. The molecule has 24 heavy (non-hydrogen) atoms. The molecule has 132 valence electrons. The molecule has 0 spiro atoms. The van der Waals surface area contributed by atoms with Crippen LogP contribution in [-0.4, -0.2) is 36.4 Å². The first kappa shape index (κ1) is 19.9. The highest BCUT2D eigenvalue weighted by Gasteiger charge is 2.37. The maximum absolute atomic E-state index is 13.0. The highest BCUT2D eigenvalue weighted by Crippen LogP contribution is 2.34. The van der Waals surface area contributed by atoms with Crippen LogP contribution in [-0.2, 0) is 21.0 Å². The van der Waals surface area contributed by atoms with Crippen LogP contribution in [0.25, 0.3) is 0 Å². The van der Waals surface area contributed by atoms with Crippen LogP contribution in [0.3, 0.4) is 0 Å². The van der Waals surface area contributed by atoms with E-state index in [-0.39, 0.29) is 6.42 Å². The summed E-state index contributed by atoms with van der Waals surface area (Å²) in [4.78, 5) is 10.2. The molecule has 0 amide bonds. The predicted octanol–water partition coefficient (Wildman–Crippen LogP) is 2.45. The van der Waals surface area contributed by atoms with Crippen LogP contribution >= 0.6 is 0 Å². The average molecular weight is 364 g/mol. The Morgan fingerprint density at radius 1 is 1.42 bits per heavy atom. The Kier molecular flexibility index (Phi) is 5.97. The molecule has 1 rings (SSSR count). The van der Waals surface area contributed by atoms with Crippen molar-refractivity contribution in [1.82, 2.24) is 4.31 Å². The van der Waals surface area contributed by atoms with Gasteiger partial charge in [0.05, 0.1) is 22.1 Å². The van der Waals surface area contributed by atoms with Crippen LogP contribution in [0.5, 0.6) is 0 Å². The van der Waals surface area contributed by atoms with Gasteiger partial charge in [-0.15, -0.1) is 0 Å². The van der Waals surface area contributed by atoms with Gasteiger partial charge in [0.15, 0.2) is 0 Å². The number of benzene rings is 1. The average Bonchev–Trinajstić information content (AvgIpc) is 2.49. The molecule has 1 atom stereocenters. The van der Waals surface area contributed by atoms with Crippen LogP contribution in [0, 0.1) is 11.3 Å². The molecular weight excluding hydrogens is 349 g/mol. The monoisotopic (exact) mass is 364 g/mol. The van der Waals surface area contributed by atoms with Gasteiger partial charge in [-0.05, 0) is 31.5 Å². The Hall–Kier alpha value is -2.12. The van der Waals surface area contributed by atoms with Gasteiger partial charge in [0.25, 0.3) is 0 Å². The number of carboxylic acids is 1. The van der Waals surface area contributed by atoms with Crippen molar-refractivity contribution in [2.45, 2.75) is 37.4 Å². The lowest BCUT2D eigenvalue weighted by atomic mass is 10.1. The van der Waals surface area contributed by atoms with Crippen LogP contribution in [0.4, 0.5) is 13.2 Å². The third-order valence-electron chi connectivity index (χ3n) is 3.40. The molecule has 0 heterocycles. The van der Waals surface area contributed by atoms with Crippen molar-refractivity contribution in [2.24, 2.45) is 0 Å². The van der Waals surface area contributed by atoms with E-state index in [9.17, 15) is 26.4 Å². The minimum Gasteiger partial charge on any atom is -0.480 e. The van der Waals surface area contributed by atoms with Gasteiger partial charge in [-0.25, -0.2) is 8.42 Å². The van der Waals surface area contributed by atoms with Crippen molar-refractivity contribution in [3.05, 3.63) is 29.3 Å². The highest BCUT2D eigenvalue weighted by atomic mass is 32.2. The van der Waals surface area contributed by atoms with Crippen molar-refractivity contribution in [3.8, 4) is 6.07 Å². The fourth-order valence-corrected chi connectivity index (χ4v) is 3.65. The zero-order valence-corrected chi connectivity index (χ0v) is 13.6. The zero-order chi connectivity index (χ0) is 18.7. The number of aliphatic carboxylic acids is 1. The molecular formula is C14H15F3N2O4S. The standard InChI is InChI=1S/C14H15F3N2O4S/c1-3-9(2)19(8-13(20)21)24(22,23)11-5-4-10(7-18)12(6-11)14(15,16)17/h4-6,9H,3,8H2,1-2H3,(H,20,21). The molecule has 0 aliphatic heterocycles. The van der Waals surface area contributed by atoms with Gasteiger partial charge >= 0.3 is 12.1 Å². The lowest BCUT2D eigenvalue weighted by Gasteiger charge is -2.26. The smallest absolute Gasteiger partial charge is 0.417 e. The molecule has 0 saturated carbocycles. The van der Waals surface area contributed by atoms with E-state index in [1.165, 1.54) is 13.0 Å². The van der Waals surface area contributed by atoms with Gasteiger partial charge in [0, 0.05) is 6.04 Å². The van der Waals surface area contributed by atoms with Gasteiger partial charge in [-0.1, -0.05) is 6.92 Å². The first-order valence-electron chi connectivity index (χ1n) is 6.80. The zero-order valence-electron chi connectivity index (χ0n) is 12.8. The van der Waals surface area contributed by atoms with Crippen LogP contribution in [0.15, 0.2) is 23.1 Å². The molecule has 0 saturated heterocycles. The minimum atomic E-state index is -4.91. The second kappa shape index (κ2) is 7.19. The molecule has 1 aromatic carbocycles. The summed E-state index contributed by atoms with van der Waals surface area (Å²) in [6, 6.07) is 2.60. The lowest BCUT2D eigenvalue weighted by molar-refractivity contribution is -0.138. The van der Waals surface area contributed by atoms with Crippen LogP contribution < -0.4 is 0 Å². The van der Waals surface area contributed by atoms with E-state index in [0.717, 1.165) is 12.1 Å². The summed E-state index contributed by atoms with van der Waals surface area (Å²) in [6.07, 6.45) is -4.64. The number of sulfonamides is 1. The maximum atomic E-state index is 13.0. The number of carboxylic acid groups (broad SMARTS) is 1. The van der Waals surface area contributed by atoms with Crippen molar-refractivity contribution < 1.29 is 31.5 Å². The number of alkyl halides is 3. The third kappa shape index (κ3) is 4.24. The second-order valence-electron chi connectivity index (χ2n) is 5.02. The van der Waals surface area contributed by atoms with Crippen molar-refractivity contribution >= 4 is 16.0 Å². The fraction of sp³-hybridized carbons (Fsp3) is 0.429. The number of carbonyl (C=O) groups is 1. The Morgan fingerprint density at radius 3 is 2.42 bits per heavy atom. The molecule has 10 heteroatoms. The Bertz CT molecular complexity index is 769. The lowest BCUT2D eigenvalue weighted by Crippen LogP contribution is -2.41. The summed E-state index contributed by atoms with van der Waals surface area (Å²) in [7, 11) is -4.47. The number of hydrogen-bond donors (Lipinski definition) is 1. The van der Waals surface area contributed by atoms with E-state index < -0.39 is 50.8 Å². The van der Waals surface area contributed by atoms with Crippen molar-refractivity contribution in [3.63, 3.8) is 0 Å². The first-order valence-corrected chi connectivity index (χ1v) is 8.24. The van der Waals surface area contributed by atoms with Gasteiger partial charge < -0.3 is 5.11 Å². The summed E-state index contributed by atoms with van der Waals surface area (Å²) >= 11 is 0. The third-order valence-corrected chi connectivity index (χ3v) is 5.35. The minimum absolute atomic E-state index is 0.273. The maximum Gasteiger partial charge on any atom is 0.417 e. The Labute approximate surface area is 137 Å². The number of hydrogen-bond acceptors (Lipinski definition) is 4.